The minimum absolute atomic E-state index is 0.273. The summed E-state index contributed by atoms with van der Waals surface area (Å²) in [6, 6.07) is 10.2. The summed E-state index contributed by atoms with van der Waals surface area (Å²) in [5, 5.41) is 0. The molecule has 0 saturated heterocycles. The van der Waals surface area contributed by atoms with E-state index in [1.54, 1.807) is 0 Å². The lowest BCUT2D eigenvalue weighted by Gasteiger charge is -2.37. The van der Waals surface area contributed by atoms with E-state index in [4.69, 9.17) is 9.47 Å². The lowest BCUT2D eigenvalue weighted by atomic mass is 9.94. The molecule has 0 aliphatic carbocycles. The highest BCUT2D eigenvalue weighted by molar-refractivity contribution is 5.21. The standard InChI is InChI=1S/C14H22O2/c1-5-15-14(12(3)4,16-6-2)13-10-8-7-9-11-13/h7-12H,5-6H2,1-4H3. The molecule has 0 unspecified atom stereocenters. The van der Waals surface area contributed by atoms with Crippen LogP contribution in [0.3, 0.4) is 0 Å². The Balaban J connectivity index is 3.10. The second kappa shape index (κ2) is 6.02. The van der Waals surface area contributed by atoms with Crippen molar-refractivity contribution in [2.75, 3.05) is 13.2 Å². The zero-order valence-electron chi connectivity index (χ0n) is 10.7. The van der Waals surface area contributed by atoms with E-state index in [0.717, 1.165) is 5.56 Å². The van der Waals surface area contributed by atoms with Gasteiger partial charge < -0.3 is 9.47 Å². The van der Waals surface area contributed by atoms with Gasteiger partial charge in [-0.3, -0.25) is 0 Å². The third-order valence-electron chi connectivity index (χ3n) is 2.65. The SMILES string of the molecule is CCOC(OCC)(c1ccccc1)C(C)C. The number of hydrogen-bond donors (Lipinski definition) is 0. The van der Waals surface area contributed by atoms with Crippen molar-refractivity contribution in [1.29, 1.82) is 0 Å². The summed E-state index contributed by atoms with van der Waals surface area (Å²) in [5.41, 5.74) is 1.09. The Bertz CT molecular complexity index is 287. The van der Waals surface area contributed by atoms with Crippen molar-refractivity contribution in [1.82, 2.24) is 0 Å². The molecule has 0 aromatic heterocycles. The van der Waals surface area contributed by atoms with E-state index in [0.29, 0.717) is 13.2 Å². The first-order valence-corrected chi connectivity index (χ1v) is 6.00. The van der Waals surface area contributed by atoms with Crippen LogP contribution in [0.25, 0.3) is 0 Å². The molecule has 2 nitrogen and oxygen atoms in total. The fraction of sp³-hybridized carbons (Fsp3) is 0.571. The first-order chi connectivity index (χ1) is 7.67. The lowest BCUT2D eigenvalue weighted by Crippen LogP contribution is -2.38. The molecule has 0 spiro atoms. The summed E-state index contributed by atoms with van der Waals surface area (Å²) in [4.78, 5) is 0. The third kappa shape index (κ3) is 2.63. The summed E-state index contributed by atoms with van der Waals surface area (Å²) in [6.07, 6.45) is 0. The van der Waals surface area contributed by atoms with Gasteiger partial charge in [-0.25, -0.2) is 0 Å². The van der Waals surface area contributed by atoms with E-state index in [9.17, 15) is 0 Å². The zero-order valence-corrected chi connectivity index (χ0v) is 10.7. The average molecular weight is 222 g/mol. The Hall–Kier alpha value is -0.860. The van der Waals surface area contributed by atoms with Gasteiger partial charge in [0, 0.05) is 24.7 Å². The van der Waals surface area contributed by atoms with Crippen molar-refractivity contribution >= 4 is 0 Å². The maximum atomic E-state index is 5.90. The topological polar surface area (TPSA) is 18.5 Å². The maximum absolute atomic E-state index is 5.90. The fourth-order valence-electron chi connectivity index (χ4n) is 1.97. The van der Waals surface area contributed by atoms with E-state index in [2.05, 4.69) is 26.0 Å². The summed E-state index contributed by atoms with van der Waals surface area (Å²) >= 11 is 0. The van der Waals surface area contributed by atoms with Gasteiger partial charge in [0.15, 0.2) is 5.79 Å². The molecule has 0 bridgehead atoms. The van der Waals surface area contributed by atoms with Gasteiger partial charge in [0.05, 0.1) is 0 Å². The molecule has 0 saturated carbocycles. The summed E-state index contributed by atoms with van der Waals surface area (Å²) in [5.74, 6) is -0.333. The van der Waals surface area contributed by atoms with Crippen LogP contribution in [-0.4, -0.2) is 13.2 Å². The molecular formula is C14H22O2. The molecular weight excluding hydrogens is 200 g/mol. The quantitative estimate of drug-likeness (QED) is 0.685. The number of hydrogen-bond acceptors (Lipinski definition) is 2. The second-order valence-corrected chi connectivity index (χ2v) is 4.05. The van der Waals surface area contributed by atoms with Crippen molar-refractivity contribution in [3.8, 4) is 0 Å². The zero-order chi connectivity index (χ0) is 12.0. The van der Waals surface area contributed by atoms with E-state index in [-0.39, 0.29) is 5.92 Å². The molecule has 0 radical (unpaired) electrons. The van der Waals surface area contributed by atoms with Crippen LogP contribution in [0.15, 0.2) is 30.3 Å². The molecule has 0 N–H and O–H groups in total. The molecule has 0 heterocycles. The predicted octanol–water partition coefficient (Wildman–Crippen LogP) is 3.57. The molecule has 0 fully saturated rings. The average Bonchev–Trinajstić information content (AvgIpc) is 2.29. The molecule has 1 aromatic rings. The number of ether oxygens (including phenoxy) is 2. The van der Waals surface area contributed by atoms with E-state index >= 15 is 0 Å². The van der Waals surface area contributed by atoms with Gasteiger partial charge in [-0.05, 0) is 13.8 Å². The molecule has 16 heavy (non-hydrogen) atoms. The van der Waals surface area contributed by atoms with Crippen molar-refractivity contribution in [3.63, 3.8) is 0 Å². The maximum Gasteiger partial charge on any atom is 0.197 e. The van der Waals surface area contributed by atoms with Gasteiger partial charge in [-0.15, -0.1) is 0 Å². The van der Waals surface area contributed by atoms with Crippen LogP contribution in [0.4, 0.5) is 0 Å². The summed E-state index contributed by atoms with van der Waals surface area (Å²) in [6.45, 7) is 9.54. The highest BCUT2D eigenvalue weighted by atomic mass is 16.7. The van der Waals surface area contributed by atoms with Crippen LogP contribution in [0.5, 0.6) is 0 Å². The molecule has 1 aromatic carbocycles. The number of rotatable bonds is 6. The normalized spacial score (nSPS) is 12.1. The monoisotopic (exact) mass is 222 g/mol. The van der Waals surface area contributed by atoms with Crippen LogP contribution in [-0.2, 0) is 15.3 Å². The highest BCUT2D eigenvalue weighted by Crippen LogP contribution is 2.34. The van der Waals surface area contributed by atoms with Crippen LogP contribution in [0.1, 0.15) is 33.3 Å². The highest BCUT2D eigenvalue weighted by Gasteiger charge is 2.37. The van der Waals surface area contributed by atoms with E-state index in [1.807, 2.05) is 32.0 Å². The van der Waals surface area contributed by atoms with Crippen molar-refractivity contribution in [2.24, 2.45) is 5.92 Å². The second-order valence-electron chi connectivity index (χ2n) is 4.05. The molecule has 0 aliphatic rings. The lowest BCUT2D eigenvalue weighted by molar-refractivity contribution is -0.268. The summed E-state index contributed by atoms with van der Waals surface area (Å²) < 4.78 is 11.8. The van der Waals surface area contributed by atoms with Gasteiger partial charge in [-0.1, -0.05) is 44.2 Å². The Morgan fingerprint density at radius 1 is 1.00 bits per heavy atom. The molecule has 0 atom stereocenters. The largest absolute Gasteiger partial charge is 0.346 e. The van der Waals surface area contributed by atoms with Crippen LogP contribution in [0.2, 0.25) is 0 Å². The minimum atomic E-state index is -0.606. The van der Waals surface area contributed by atoms with Crippen molar-refractivity contribution in [3.05, 3.63) is 35.9 Å². The molecule has 0 amide bonds. The van der Waals surface area contributed by atoms with Crippen LogP contribution >= 0.6 is 0 Å². The van der Waals surface area contributed by atoms with Gasteiger partial charge in [0.1, 0.15) is 0 Å². The molecule has 90 valence electrons. The van der Waals surface area contributed by atoms with Gasteiger partial charge in [-0.2, -0.15) is 0 Å². The predicted molar refractivity (Wildman–Crippen MR) is 66.2 cm³/mol. The Morgan fingerprint density at radius 2 is 1.50 bits per heavy atom. The van der Waals surface area contributed by atoms with Gasteiger partial charge in [0.2, 0.25) is 0 Å². The molecule has 0 aliphatic heterocycles. The van der Waals surface area contributed by atoms with E-state index < -0.39 is 5.79 Å². The molecule has 1 rings (SSSR count). The first-order valence-electron chi connectivity index (χ1n) is 6.00. The summed E-state index contributed by atoms with van der Waals surface area (Å²) in [7, 11) is 0. The third-order valence-corrected chi connectivity index (χ3v) is 2.65. The minimum Gasteiger partial charge on any atom is -0.346 e. The molecule has 2 heteroatoms. The first kappa shape index (κ1) is 13.2. The fourth-order valence-corrected chi connectivity index (χ4v) is 1.97. The van der Waals surface area contributed by atoms with Crippen molar-refractivity contribution < 1.29 is 9.47 Å². The Labute approximate surface area is 98.6 Å². The van der Waals surface area contributed by atoms with E-state index in [1.165, 1.54) is 0 Å². The van der Waals surface area contributed by atoms with Crippen LogP contribution in [0, 0.1) is 5.92 Å². The van der Waals surface area contributed by atoms with Gasteiger partial charge in [0.25, 0.3) is 0 Å². The Kier molecular flexibility index (Phi) is 4.97. The van der Waals surface area contributed by atoms with Crippen LogP contribution < -0.4 is 0 Å². The van der Waals surface area contributed by atoms with Crippen molar-refractivity contribution in [2.45, 2.75) is 33.5 Å². The van der Waals surface area contributed by atoms with Gasteiger partial charge >= 0.3 is 0 Å². The Morgan fingerprint density at radius 3 is 1.88 bits per heavy atom. The number of benzene rings is 1. The smallest absolute Gasteiger partial charge is 0.197 e.